The molecule has 0 fully saturated rings. The van der Waals surface area contributed by atoms with Gasteiger partial charge in [0.15, 0.2) is 0 Å². The minimum absolute atomic E-state index is 0.463. The van der Waals surface area contributed by atoms with Crippen molar-refractivity contribution in [2.45, 2.75) is 12.7 Å². The van der Waals surface area contributed by atoms with Crippen LogP contribution in [0.5, 0.6) is 0 Å². The van der Waals surface area contributed by atoms with Crippen molar-refractivity contribution in [3.8, 4) is 0 Å². The molecule has 0 aromatic heterocycles. The molecule has 1 unspecified atom stereocenters. The summed E-state index contributed by atoms with van der Waals surface area (Å²) in [6.07, 6.45) is 0. The van der Waals surface area contributed by atoms with Crippen LogP contribution in [0.15, 0.2) is 0 Å². The summed E-state index contributed by atoms with van der Waals surface area (Å²) in [4.78, 5) is 0. The van der Waals surface area contributed by atoms with Crippen LogP contribution in [-0.4, -0.2) is 34.3 Å². The van der Waals surface area contributed by atoms with E-state index in [2.05, 4.69) is 0 Å². The predicted octanol–water partition coefficient (Wildman–Crippen LogP) is -0.313. The van der Waals surface area contributed by atoms with E-state index in [1.54, 1.807) is 6.92 Å². The summed E-state index contributed by atoms with van der Waals surface area (Å²) in [5.74, 6) is 0. The molecule has 1 N–H and O–H groups in total. The smallest absolute Gasteiger partial charge is 0.395 e. The number of hydrogen-bond acceptors (Lipinski definition) is 3. The largest absolute Gasteiger partial charge is 0.415 e. The second-order valence-corrected chi connectivity index (χ2v) is 3.69. The molecule has 0 aliphatic heterocycles. The van der Waals surface area contributed by atoms with E-state index in [0.29, 0.717) is 0 Å². The quantitative estimate of drug-likeness (QED) is 0.539. The van der Waals surface area contributed by atoms with E-state index in [9.17, 15) is 0 Å². The average Bonchev–Trinajstić information content (AvgIpc) is 1.69. The third-order valence-electron chi connectivity index (χ3n) is 0.743. The lowest BCUT2D eigenvalue weighted by Gasteiger charge is -2.10. The molecule has 0 aromatic rings. The Morgan fingerprint density at radius 1 is 1.38 bits per heavy atom. The van der Waals surface area contributed by atoms with Crippen LogP contribution in [0.1, 0.15) is 6.92 Å². The lowest BCUT2D eigenvalue weighted by molar-refractivity contribution is 0.177. The molecule has 0 amide bonds. The Hall–Kier alpha value is 0.0969. The van der Waals surface area contributed by atoms with Gasteiger partial charge in [-0.1, -0.05) is 0 Å². The zero-order valence-electron chi connectivity index (χ0n) is 5.34. The topological polar surface area (TPSA) is 38.7 Å². The van der Waals surface area contributed by atoms with Crippen molar-refractivity contribution in [1.29, 1.82) is 0 Å². The van der Waals surface area contributed by atoms with E-state index >= 15 is 0 Å². The van der Waals surface area contributed by atoms with Crippen molar-refractivity contribution in [1.82, 2.24) is 0 Å². The number of aliphatic hydroxyl groups is 1. The Balaban J connectivity index is 3.35. The molecule has 0 bridgehead atoms. The summed E-state index contributed by atoms with van der Waals surface area (Å²) in [6, 6.07) is 0. The van der Waals surface area contributed by atoms with E-state index in [-0.39, 0.29) is 0 Å². The lowest BCUT2D eigenvalue weighted by atomic mass is 10.9. The zero-order chi connectivity index (χ0) is 6.57. The molecule has 1 atom stereocenters. The molecule has 0 rings (SSSR count). The van der Waals surface area contributed by atoms with Gasteiger partial charge in [0.1, 0.15) is 0 Å². The fourth-order valence-corrected chi connectivity index (χ4v) is 1.27. The first-order valence-corrected chi connectivity index (χ1v) is 3.74. The maximum Gasteiger partial charge on any atom is 0.415 e. The zero-order valence-corrected chi connectivity index (χ0v) is 6.34. The van der Waals surface area contributed by atoms with Crippen molar-refractivity contribution in [2.24, 2.45) is 0 Å². The van der Waals surface area contributed by atoms with E-state index < -0.39 is 15.0 Å². The molecule has 49 valence electrons. The fraction of sp³-hybridized carbons (Fsp3) is 1.00. The normalized spacial score (nSPS) is 14.6. The highest BCUT2D eigenvalue weighted by atomic mass is 28.3. The Labute approximate surface area is 51.1 Å². The van der Waals surface area contributed by atoms with Gasteiger partial charge in [-0.2, -0.15) is 0 Å². The first kappa shape index (κ1) is 8.10. The van der Waals surface area contributed by atoms with Crippen LogP contribution in [0.4, 0.5) is 0 Å². The summed E-state index contributed by atoms with van der Waals surface area (Å²) in [5, 5.41) is 8.81. The van der Waals surface area contributed by atoms with Gasteiger partial charge in [-0.3, -0.25) is 0 Å². The first-order chi connectivity index (χ1) is 3.72. The highest BCUT2D eigenvalue weighted by Crippen LogP contribution is 1.90. The molecule has 0 saturated carbocycles. The molecule has 3 nitrogen and oxygen atoms in total. The van der Waals surface area contributed by atoms with Crippen LogP contribution < -0.4 is 0 Å². The maximum atomic E-state index is 8.81. The maximum absolute atomic E-state index is 8.81. The van der Waals surface area contributed by atoms with E-state index in [1.165, 1.54) is 14.2 Å². The second-order valence-electron chi connectivity index (χ2n) is 1.40. The standard InChI is InChI=1S/C4H11O3Si/c1-4(5)8(6-2)7-3/h4-5H,1-3H3. The molecule has 0 saturated heterocycles. The summed E-state index contributed by atoms with van der Waals surface area (Å²) < 4.78 is 9.58. The SMILES string of the molecule is CO[Si](OC)C(C)O. The van der Waals surface area contributed by atoms with Crippen LogP contribution in [0.3, 0.4) is 0 Å². The third kappa shape index (κ3) is 2.42. The van der Waals surface area contributed by atoms with E-state index in [0.717, 1.165) is 0 Å². The molecule has 8 heavy (non-hydrogen) atoms. The van der Waals surface area contributed by atoms with Gasteiger partial charge in [0.2, 0.25) is 0 Å². The van der Waals surface area contributed by atoms with Gasteiger partial charge in [0.05, 0.1) is 5.73 Å². The summed E-state index contributed by atoms with van der Waals surface area (Å²) in [7, 11) is 1.68. The van der Waals surface area contributed by atoms with Gasteiger partial charge >= 0.3 is 9.28 Å². The van der Waals surface area contributed by atoms with Crippen molar-refractivity contribution < 1.29 is 14.0 Å². The van der Waals surface area contributed by atoms with Crippen LogP contribution in [0, 0.1) is 0 Å². The van der Waals surface area contributed by atoms with Crippen molar-refractivity contribution in [3.63, 3.8) is 0 Å². The van der Waals surface area contributed by atoms with Crippen molar-refractivity contribution in [3.05, 3.63) is 0 Å². The highest BCUT2D eigenvalue weighted by Gasteiger charge is 2.18. The minimum atomic E-state index is -1.38. The predicted molar refractivity (Wildman–Crippen MR) is 31.5 cm³/mol. The molecule has 0 aliphatic rings. The van der Waals surface area contributed by atoms with E-state index in [1.807, 2.05) is 0 Å². The Morgan fingerprint density at radius 3 is 1.75 bits per heavy atom. The third-order valence-corrected chi connectivity index (χ3v) is 2.23. The van der Waals surface area contributed by atoms with E-state index in [4.69, 9.17) is 14.0 Å². The van der Waals surface area contributed by atoms with Crippen molar-refractivity contribution in [2.75, 3.05) is 14.2 Å². The van der Waals surface area contributed by atoms with Gasteiger partial charge in [-0.05, 0) is 6.92 Å². The minimum Gasteiger partial charge on any atom is -0.395 e. The summed E-state index contributed by atoms with van der Waals surface area (Å²) in [5.41, 5.74) is -0.463. The second kappa shape index (κ2) is 4.02. The van der Waals surface area contributed by atoms with Crippen molar-refractivity contribution >= 4 is 9.28 Å². The van der Waals surface area contributed by atoms with Gasteiger partial charge in [-0.25, -0.2) is 0 Å². The van der Waals surface area contributed by atoms with Gasteiger partial charge in [-0.15, -0.1) is 0 Å². The summed E-state index contributed by atoms with van der Waals surface area (Å²) >= 11 is 0. The molecule has 4 heteroatoms. The molecule has 1 radical (unpaired) electrons. The average molecular weight is 135 g/mol. The van der Waals surface area contributed by atoms with Gasteiger partial charge < -0.3 is 14.0 Å². The monoisotopic (exact) mass is 135 g/mol. The Bertz CT molecular complexity index is 53.2. The molecular weight excluding hydrogens is 124 g/mol. The Kier molecular flexibility index (Phi) is 4.07. The molecule has 0 aliphatic carbocycles. The van der Waals surface area contributed by atoms with Crippen LogP contribution >= 0.6 is 0 Å². The molecule has 0 spiro atoms. The fourth-order valence-electron chi connectivity index (χ4n) is 0.424. The van der Waals surface area contributed by atoms with Crippen LogP contribution in [-0.2, 0) is 8.85 Å². The Morgan fingerprint density at radius 2 is 1.75 bits per heavy atom. The lowest BCUT2D eigenvalue weighted by Crippen LogP contribution is -2.32. The highest BCUT2D eigenvalue weighted by molar-refractivity contribution is 6.45. The molecular formula is C4H11O3Si. The van der Waals surface area contributed by atoms with Crippen LogP contribution in [0.25, 0.3) is 0 Å². The number of aliphatic hydroxyl groups excluding tert-OH is 1. The summed E-state index contributed by atoms with van der Waals surface area (Å²) in [6.45, 7) is 1.65. The van der Waals surface area contributed by atoms with Gasteiger partial charge in [0, 0.05) is 14.2 Å². The first-order valence-electron chi connectivity index (χ1n) is 2.35. The molecule has 0 heterocycles. The molecule has 0 aromatic carbocycles. The number of hydrogen-bond donors (Lipinski definition) is 1. The van der Waals surface area contributed by atoms with Crippen LogP contribution in [0.2, 0.25) is 0 Å². The number of rotatable bonds is 3. The van der Waals surface area contributed by atoms with Gasteiger partial charge in [0.25, 0.3) is 0 Å².